The molecular weight excluding hydrogens is 302 g/mol. The molecule has 1 aromatic rings. The summed E-state index contributed by atoms with van der Waals surface area (Å²) in [6, 6.07) is 3.79. The van der Waals surface area contributed by atoms with E-state index >= 15 is 0 Å². The van der Waals surface area contributed by atoms with Crippen molar-refractivity contribution in [2.24, 2.45) is 17.6 Å². The summed E-state index contributed by atoms with van der Waals surface area (Å²) in [4.78, 5) is 23.9. The van der Waals surface area contributed by atoms with E-state index in [0.29, 0.717) is 18.4 Å². The van der Waals surface area contributed by atoms with Crippen LogP contribution >= 0.6 is 0 Å². The lowest BCUT2D eigenvalue weighted by Gasteiger charge is -2.33. The average Bonchev–Trinajstić information content (AvgIpc) is 2.96. The third kappa shape index (κ3) is 3.70. The van der Waals surface area contributed by atoms with E-state index in [1.807, 2.05) is 17.0 Å². The Balaban J connectivity index is 1.69. The van der Waals surface area contributed by atoms with Gasteiger partial charge < -0.3 is 20.4 Å². The molecule has 6 nitrogen and oxygen atoms in total. The molecule has 2 saturated heterocycles. The van der Waals surface area contributed by atoms with E-state index in [-0.39, 0.29) is 5.91 Å². The molecule has 132 valence electrons. The van der Waals surface area contributed by atoms with E-state index in [1.165, 1.54) is 0 Å². The van der Waals surface area contributed by atoms with Crippen LogP contribution in [0.2, 0.25) is 0 Å². The zero-order chi connectivity index (χ0) is 17.1. The standard InChI is InChI=1S/C18H29N5O/c1-14-12-23(13-16(14)3-5-19)18(24)15-4-6-20-17(11-15)22-9-7-21(2)8-10-22/h4,6,11,14,16H,3,5,7-10,12-13,19H2,1-2H3/t14-,16-/m1/s1. The fourth-order valence-corrected chi connectivity index (χ4v) is 3.73. The van der Waals surface area contributed by atoms with Crippen LogP contribution in [0, 0.1) is 11.8 Å². The van der Waals surface area contributed by atoms with Crippen LogP contribution in [0.15, 0.2) is 18.3 Å². The van der Waals surface area contributed by atoms with Gasteiger partial charge in [-0.15, -0.1) is 0 Å². The highest BCUT2D eigenvalue weighted by Gasteiger charge is 2.32. The number of aromatic nitrogens is 1. The van der Waals surface area contributed by atoms with Gasteiger partial charge in [-0.1, -0.05) is 6.92 Å². The van der Waals surface area contributed by atoms with Gasteiger partial charge in [0, 0.05) is 51.0 Å². The second kappa shape index (κ2) is 7.49. The maximum absolute atomic E-state index is 12.9. The number of pyridine rings is 1. The summed E-state index contributed by atoms with van der Waals surface area (Å²) in [7, 11) is 2.14. The molecule has 0 spiro atoms. The first-order valence-corrected chi connectivity index (χ1v) is 8.97. The van der Waals surface area contributed by atoms with Crippen molar-refractivity contribution in [1.82, 2.24) is 14.8 Å². The van der Waals surface area contributed by atoms with Gasteiger partial charge in [-0.3, -0.25) is 4.79 Å². The van der Waals surface area contributed by atoms with Crippen molar-refractivity contribution in [1.29, 1.82) is 0 Å². The predicted molar refractivity (Wildman–Crippen MR) is 96.2 cm³/mol. The fourth-order valence-electron chi connectivity index (χ4n) is 3.73. The second-order valence-electron chi connectivity index (χ2n) is 7.22. The van der Waals surface area contributed by atoms with E-state index in [4.69, 9.17) is 5.73 Å². The van der Waals surface area contributed by atoms with Gasteiger partial charge in [0.05, 0.1) is 0 Å². The van der Waals surface area contributed by atoms with Crippen LogP contribution in [0.3, 0.4) is 0 Å². The molecule has 0 radical (unpaired) electrons. The summed E-state index contributed by atoms with van der Waals surface area (Å²) in [5, 5.41) is 0. The van der Waals surface area contributed by atoms with Gasteiger partial charge in [0.15, 0.2) is 0 Å². The van der Waals surface area contributed by atoms with Gasteiger partial charge in [-0.2, -0.15) is 0 Å². The SMILES string of the molecule is C[C@@H]1CN(C(=O)c2ccnc(N3CCN(C)CC3)c2)C[C@H]1CCN. The Labute approximate surface area is 144 Å². The van der Waals surface area contributed by atoms with E-state index in [9.17, 15) is 4.79 Å². The fraction of sp³-hybridized carbons (Fsp3) is 0.667. The van der Waals surface area contributed by atoms with Crippen molar-refractivity contribution < 1.29 is 4.79 Å². The van der Waals surface area contributed by atoms with Crippen LogP contribution in [0.25, 0.3) is 0 Å². The number of hydrogen-bond donors (Lipinski definition) is 1. The number of hydrogen-bond acceptors (Lipinski definition) is 5. The van der Waals surface area contributed by atoms with Crippen LogP contribution in [0.5, 0.6) is 0 Å². The Bertz CT molecular complexity index is 570. The van der Waals surface area contributed by atoms with Crippen molar-refractivity contribution in [3.05, 3.63) is 23.9 Å². The molecule has 6 heteroatoms. The van der Waals surface area contributed by atoms with Gasteiger partial charge in [0.1, 0.15) is 5.82 Å². The number of nitrogens with zero attached hydrogens (tertiary/aromatic N) is 4. The predicted octanol–water partition coefficient (Wildman–Crippen LogP) is 0.890. The smallest absolute Gasteiger partial charge is 0.254 e. The van der Waals surface area contributed by atoms with Gasteiger partial charge in [-0.05, 0) is 44.0 Å². The molecular formula is C18H29N5O. The zero-order valence-corrected chi connectivity index (χ0v) is 14.8. The number of carbonyl (C=O) groups is 1. The number of nitrogens with two attached hydrogens (primary N) is 1. The highest BCUT2D eigenvalue weighted by atomic mass is 16.2. The van der Waals surface area contributed by atoms with Crippen molar-refractivity contribution in [3.8, 4) is 0 Å². The van der Waals surface area contributed by atoms with Crippen molar-refractivity contribution >= 4 is 11.7 Å². The van der Waals surface area contributed by atoms with Crippen LogP contribution in [-0.4, -0.2) is 73.6 Å². The number of piperazine rings is 1. The minimum absolute atomic E-state index is 0.124. The third-order valence-electron chi connectivity index (χ3n) is 5.41. The molecule has 3 heterocycles. The van der Waals surface area contributed by atoms with Crippen molar-refractivity contribution in [2.45, 2.75) is 13.3 Å². The molecule has 2 N–H and O–H groups in total. The summed E-state index contributed by atoms with van der Waals surface area (Å²) in [6.45, 7) is 8.55. The molecule has 1 aromatic heterocycles. The van der Waals surface area contributed by atoms with Gasteiger partial charge >= 0.3 is 0 Å². The van der Waals surface area contributed by atoms with Gasteiger partial charge in [-0.25, -0.2) is 4.98 Å². The average molecular weight is 331 g/mol. The highest BCUT2D eigenvalue weighted by Crippen LogP contribution is 2.27. The van der Waals surface area contributed by atoms with E-state index < -0.39 is 0 Å². The molecule has 2 atom stereocenters. The zero-order valence-electron chi connectivity index (χ0n) is 14.8. The highest BCUT2D eigenvalue weighted by molar-refractivity contribution is 5.95. The molecule has 0 saturated carbocycles. The molecule has 24 heavy (non-hydrogen) atoms. The minimum Gasteiger partial charge on any atom is -0.354 e. The van der Waals surface area contributed by atoms with Crippen molar-refractivity contribution in [3.63, 3.8) is 0 Å². The molecule has 0 bridgehead atoms. The lowest BCUT2D eigenvalue weighted by atomic mass is 9.95. The lowest BCUT2D eigenvalue weighted by molar-refractivity contribution is 0.0784. The molecule has 0 aromatic carbocycles. The maximum atomic E-state index is 12.9. The summed E-state index contributed by atoms with van der Waals surface area (Å²) >= 11 is 0. The summed E-state index contributed by atoms with van der Waals surface area (Å²) < 4.78 is 0. The molecule has 2 aliphatic rings. The molecule has 2 aliphatic heterocycles. The lowest BCUT2D eigenvalue weighted by Crippen LogP contribution is -2.44. The first-order chi connectivity index (χ1) is 11.6. The largest absolute Gasteiger partial charge is 0.354 e. The number of amides is 1. The van der Waals surface area contributed by atoms with E-state index in [0.717, 1.165) is 57.1 Å². The molecule has 2 fully saturated rings. The maximum Gasteiger partial charge on any atom is 0.254 e. The first-order valence-electron chi connectivity index (χ1n) is 8.97. The number of rotatable bonds is 4. The molecule has 3 rings (SSSR count). The molecule has 1 amide bonds. The molecule has 0 aliphatic carbocycles. The van der Waals surface area contributed by atoms with Gasteiger partial charge in [0.25, 0.3) is 5.91 Å². The normalized spacial score (nSPS) is 25.3. The van der Waals surface area contributed by atoms with Crippen LogP contribution in [0.4, 0.5) is 5.82 Å². The second-order valence-corrected chi connectivity index (χ2v) is 7.22. The quantitative estimate of drug-likeness (QED) is 0.888. The Kier molecular flexibility index (Phi) is 5.36. The summed E-state index contributed by atoms with van der Waals surface area (Å²) in [6.07, 6.45) is 2.76. The number of carbonyl (C=O) groups excluding carboxylic acids is 1. The topological polar surface area (TPSA) is 65.7 Å². The van der Waals surface area contributed by atoms with Crippen LogP contribution in [0.1, 0.15) is 23.7 Å². The third-order valence-corrected chi connectivity index (χ3v) is 5.41. The van der Waals surface area contributed by atoms with E-state index in [1.54, 1.807) is 6.20 Å². The minimum atomic E-state index is 0.124. The van der Waals surface area contributed by atoms with E-state index in [2.05, 4.69) is 28.8 Å². The summed E-state index contributed by atoms with van der Waals surface area (Å²) in [5.41, 5.74) is 6.44. The Hall–Kier alpha value is -1.66. The Morgan fingerprint density at radius 1 is 1.29 bits per heavy atom. The Morgan fingerprint density at radius 2 is 2.04 bits per heavy atom. The van der Waals surface area contributed by atoms with Crippen molar-refractivity contribution in [2.75, 3.05) is 57.8 Å². The number of likely N-dealkylation sites (tertiary alicyclic amines) is 1. The Morgan fingerprint density at radius 3 is 2.75 bits per heavy atom. The van der Waals surface area contributed by atoms with Crippen LogP contribution < -0.4 is 10.6 Å². The number of likely N-dealkylation sites (N-methyl/N-ethyl adjacent to an activating group) is 1. The number of anilines is 1. The monoisotopic (exact) mass is 331 g/mol. The summed E-state index contributed by atoms with van der Waals surface area (Å²) in [5.74, 6) is 2.09. The first kappa shape index (κ1) is 17.2. The molecule has 0 unspecified atom stereocenters. The van der Waals surface area contributed by atoms with Gasteiger partial charge in [0.2, 0.25) is 0 Å². The van der Waals surface area contributed by atoms with Crippen LogP contribution in [-0.2, 0) is 0 Å².